The van der Waals surface area contributed by atoms with E-state index >= 15 is 0 Å². The molecule has 3 nitrogen and oxygen atoms in total. The van der Waals surface area contributed by atoms with Crippen LogP contribution in [0.4, 0.5) is 0 Å². The van der Waals surface area contributed by atoms with Crippen molar-refractivity contribution in [3.63, 3.8) is 0 Å². The Kier molecular flexibility index (Phi) is 3.13. The highest BCUT2D eigenvalue weighted by atomic mass is 35.5. The molecular weight excluding hydrogens is 164 g/mol. The third kappa shape index (κ3) is 1.67. The first-order valence-corrected chi connectivity index (χ1v) is 3.90. The van der Waals surface area contributed by atoms with Crippen LogP contribution in [0, 0.1) is 0 Å². The number of rotatable bonds is 0. The lowest BCUT2D eigenvalue weighted by Gasteiger charge is -2.33. The molecule has 2 fully saturated rings. The topological polar surface area (TPSA) is 24.5 Å². The Labute approximate surface area is 73.5 Å². The SMILES string of the molecule is CN1CCO[C@H]2CNC[C@H]21.Cl. The monoisotopic (exact) mass is 178 g/mol. The first-order chi connectivity index (χ1) is 4.88. The highest BCUT2D eigenvalue weighted by Gasteiger charge is 2.33. The minimum atomic E-state index is 0. The van der Waals surface area contributed by atoms with Gasteiger partial charge in [0.05, 0.1) is 12.7 Å². The summed E-state index contributed by atoms with van der Waals surface area (Å²) in [6.45, 7) is 4.12. The van der Waals surface area contributed by atoms with Gasteiger partial charge in [-0.1, -0.05) is 0 Å². The Bertz CT molecular complexity index is 134. The second-order valence-electron chi connectivity index (χ2n) is 3.12. The van der Waals surface area contributed by atoms with Crippen molar-refractivity contribution in [2.75, 3.05) is 33.3 Å². The zero-order chi connectivity index (χ0) is 6.97. The van der Waals surface area contributed by atoms with Crippen LogP contribution in [0.1, 0.15) is 0 Å². The Hall–Kier alpha value is 0.170. The van der Waals surface area contributed by atoms with E-state index in [9.17, 15) is 0 Å². The van der Waals surface area contributed by atoms with Gasteiger partial charge in [-0.15, -0.1) is 12.4 Å². The molecule has 0 aromatic heterocycles. The number of hydrogen-bond donors (Lipinski definition) is 1. The van der Waals surface area contributed by atoms with Gasteiger partial charge in [0.2, 0.25) is 0 Å². The van der Waals surface area contributed by atoms with Crippen LogP contribution in [-0.2, 0) is 4.74 Å². The van der Waals surface area contributed by atoms with Gasteiger partial charge in [0.25, 0.3) is 0 Å². The van der Waals surface area contributed by atoms with Gasteiger partial charge in [0.15, 0.2) is 0 Å². The fraction of sp³-hybridized carbons (Fsp3) is 1.00. The van der Waals surface area contributed by atoms with Gasteiger partial charge in [-0.25, -0.2) is 0 Å². The van der Waals surface area contributed by atoms with Crippen molar-refractivity contribution < 1.29 is 4.74 Å². The zero-order valence-electron chi connectivity index (χ0n) is 6.75. The lowest BCUT2D eigenvalue weighted by molar-refractivity contribution is -0.0363. The Balaban J connectivity index is 0.000000605. The summed E-state index contributed by atoms with van der Waals surface area (Å²) in [6.07, 6.45) is 0.457. The molecule has 2 heterocycles. The summed E-state index contributed by atoms with van der Waals surface area (Å²) >= 11 is 0. The minimum absolute atomic E-state index is 0. The van der Waals surface area contributed by atoms with E-state index in [4.69, 9.17) is 4.74 Å². The van der Waals surface area contributed by atoms with Crippen LogP contribution in [0.25, 0.3) is 0 Å². The van der Waals surface area contributed by atoms with Gasteiger partial charge in [-0.2, -0.15) is 0 Å². The normalized spacial score (nSPS) is 37.9. The molecule has 0 bridgehead atoms. The van der Waals surface area contributed by atoms with E-state index in [0.717, 1.165) is 26.2 Å². The van der Waals surface area contributed by atoms with Gasteiger partial charge in [0, 0.05) is 25.7 Å². The average Bonchev–Trinajstić information content (AvgIpc) is 2.36. The molecule has 0 unspecified atom stereocenters. The Morgan fingerprint density at radius 3 is 3.00 bits per heavy atom. The third-order valence-corrected chi connectivity index (χ3v) is 2.47. The van der Waals surface area contributed by atoms with E-state index in [1.807, 2.05) is 0 Å². The smallest absolute Gasteiger partial charge is 0.0867 e. The van der Waals surface area contributed by atoms with E-state index in [1.165, 1.54) is 0 Å². The van der Waals surface area contributed by atoms with Gasteiger partial charge >= 0.3 is 0 Å². The molecule has 2 saturated heterocycles. The van der Waals surface area contributed by atoms with Crippen molar-refractivity contribution in [2.24, 2.45) is 0 Å². The summed E-state index contributed by atoms with van der Waals surface area (Å²) in [5.41, 5.74) is 0. The molecule has 0 radical (unpaired) electrons. The van der Waals surface area contributed by atoms with Crippen molar-refractivity contribution in [3.05, 3.63) is 0 Å². The van der Waals surface area contributed by atoms with Crippen LogP contribution in [0.5, 0.6) is 0 Å². The highest BCUT2D eigenvalue weighted by molar-refractivity contribution is 5.85. The summed E-state index contributed by atoms with van der Waals surface area (Å²) in [6, 6.07) is 0.633. The van der Waals surface area contributed by atoms with Crippen LogP contribution >= 0.6 is 12.4 Å². The van der Waals surface area contributed by atoms with Crippen molar-refractivity contribution in [1.82, 2.24) is 10.2 Å². The summed E-state index contributed by atoms with van der Waals surface area (Å²) in [4.78, 5) is 2.38. The second-order valence-corrected chi connectivity index (χ2v) is 3.12. The number of halogens is 1. The van der Waals surface area contributed by atoms with Gasteiger partial charge in [-0.05, 0) is 7.05 Å². The predicted octanol–water partition coefficient (Wildman–Crippen LogP) is -0.289. The molecule has 0 aromatic rings. The Morgan fingerprint density at radius 2 is 2.27 bits per heavy atom. The second kappa shape index (κ2) is 3.72. The van der Waals surface area contributed by atoms with Gasteiger partial charge in [-0.3, -0.25) is 4.90 Å². The lowest BCUT2D eigenvalue weighted by Crippen LogP contribution is -2.48. The molecule has 66 valence electrons. The van der Waals surface area contributed by atoms with Crippen LogP contribution in [0.15, 0.2) is 0 Å². The summed E-state index contributed by atoms with van der Waals surface area (Å²) in [5.74, 6) is 0. The molecule has 0 amide bonds. The average molecular weight is 179 g/mol. The fourth-order valence-corrected chi connectivity index (χ4v) is 1.76. The molecule has 2 rings (SSSR count). The van der Waals surface area contributed by atoms with Crippen molar-refractivity contribution >= 4 is 12.4 Å². The molecule has 0 aromatic carbocycles. The Morgan fingerprint density at radius 1 is 1.45 bits per heavy atom. The number of nitrogens with zero attached hydrogens (tertiary/aromatic N) is 1. The van der Waals surface area contributed by atoms with E-state index in [1.54, 1.807) is 0 Å². The van der Waals surface area contributed by atoms with Crippen molar-refractivity contribution in [3.8, 4) is 0 Å². The largest absolute Gasteiger partial charge is 0.374 e. The highest BCUT2D eigenvalue weighted by Crippen LogP contribution is 2.14. The fourth-order valence-electron chi connectivity index (χ4n) is 1.76. The molecule has 11 heavy (non-hydrogen) atoms. The van der Waals surface area contributed by atoms with E-state index in [2.05, 4.69) is 17.3 Å². The molecule has 2 atom stereocenters. The van der Waals surface area contributed by atoms with Crippen LogP contribution < -0.4 is 5.32 Å². The van der Waals surface area contributed by atoms with E-state index in [-0.39, 0.29) is 12.4 Å². The minimum Gasteiger partial charge on any atom is -0.374 e. The number of hydrogen-bond acceptors (Lipinski definition) is 3. The molecule has 0 saturated carbocycles. The van der Waals surface area contributed by atoms with E-state index < -0.39 is 0 Å². The quantitative estimate of drug-likeness (QED) is 0.552. The lowest BCUT2D eigenvalue weighted by atomic mass is 10.1. The first kappa shape index (κ1) is 9.26. The van der Waals surface area contributed by atoms with Crippen LogP contribution in [-0.4, -0.2) is 50.3 Å². The molecule has 1 N–H and O–H groups in total. The third-order valence-electron chi connectivity index (χ3n) is 2.47. The van der Waals surface area contributed by atoms with Crippen LogP contribution in [0.2, 0.25) is 0 Å². The van der Waals surface area contributed by atoms with Crippen LogP contribution in [0.3, 0.4) is 0 Å². The molecule has 0 spiro atoms. The molecule has 0 aliphatic carbocycles. The van der Waals surface area contributed by atoms with Crippen molar-refractivity contribution in [1.29, 1.82) is 0 Å². The molecular formula is C7H15ClN2O. The summed E-state index contributed by atoms with van der Waals surface area (Å²) in [5, 5.41) is 3.33. The molecule has 2 aliphatic heterocycles. The molecule has 2 aliphatic rings. The number of likely N-dealkylation sites (N-methyl/N-ethyl adjacent to an activating group) is 1. The number of ether oxygens (including phenoxy) is 1. The van der Waals surface area contributed by atoms with Crippen molar-refractivity contribution in [2.45, 2.75) is 12.1 Å². The number of morpholine rings is 1. The summed E-state index contributed by atoms with van der Waals surface area (Å²) in [7, 11) is 2.17. The zero-order valence-corrected chi connectivity index (χ0v) is 7.56. The predicted molar refractivity (Wildman–Crippen MR) is 46.3 cm³/mol. The number of nitrogens with one attached hydrogen (secondary N) is 1. The standard InChI is InChI=1S/C7H14N2O.ClH/c1-9-2-3-10-7-5-8-4-6(7)9;/h6-8H,2-5H2,1H3;1H/t6-,7+;/m1./s1. The summed E-state index contributed by atoms with van der Waals surface area (Å²) < 4.78 is 5.57. The maximum atomic E-state index is 5.57. The maximum absolute atomic E-state index is 5.57. The van der Waals surface area contributed by atoms with Gasteiger partial charge in [0.1, 0.15) is 0 Å². The van der Waals surface area contributed by atoms with Gasteiger partial charge < -0.3 is 10.1 Å². The first-order valence-electron chi connectivity index (χ1n) is 3.90. The van der Waals surface area contributed by atoms with E-state index in [0.29, 0.717) is 12.1 Å². The number of fused-ring (bicyclic) bond motifs is 1. The molecule has 4 heteroatoms. The maximum Gasteiger partial charge on any atom is 0.0867 e.